The summed E-state index contributed by atoms with van der Waals surface area (Å²) in [4.78, 5) is 42.0. The average molecular weight is 337 g/mol. The number of oxime groups is 1. The molecular formula is C17H11N3O5. The number of nitrogens with zero attached hydrogens (tertiary/aromatic N) is 3. The number of hydrogen-bond acceptors (Lipinski definition) is 6. The number of anilines is 1. The fraction of sp³-hybridized carbons (Fsp3) is 0.118. The fourth-order valence-corrected chi connectivity index (χ4v) is 3.03. The van der Waals surface area contributed by atoms with Crippen molar-refractivity contribution in [3.63, 3.8) is 0 Å². The van der Waals surface area contributed by atoms with Crippen molar-refractivity contribution < 1.29 is 19.3 Å². The third-order valence-electron chi connectivity index (χ3n) is 4.18. The molecule has 0 unspecified atom stereocenters. The number of carbonyl (C=O) groups excluding carboxylic acids is 2. The Kier molecular flexibility index (Phi) is 3.31. The van der Waals surface area contributed by atoms with Gasteiger partial charge in [-0.2, -0.15) is 0 Å². The summed E-state index contributed by atoms with van der Waals surface area (Å²) in [5.74, 6) is -1.86. The molecule has 8 nitrogen and oxygen atoms in total. The van der Waals surface area contributed by atoms with Gasteiger partial charge < -0.3 is 4.84 Å². The lowest BCUT2D eigenvalue weighted by Crippen LogP contribution is -2.33. The van der Waals surface area contributed by atoms with Crippen molar-refractivity contribution in [1.29, 1.82) is 0 Å². The molecule has 124 valence electrons. The average Bonchev–Trinajstić information content (AvgIpc) is 3.16. The first-order valence-corrected chi connectivity index (χ1v) is 7.49. The highest BCUT2D eigenvalue weighted by molar-refractivity contribution is 6.32. The number of fused-ring (bicyclic) bond motifs is 1. The zero-order valence-corrected chi connectivity index (χ0v) is 12.7. The summed E-state index contributed by atoms with van der Waals surface area (Å²) in [5.41, 5.74) is 0.942. The molecule has 2 aliphatic rings. The Morgan fingerprint density at radius 3 is 2.52 bits per heavy atom. The molecule has 2 amide bonds. The van der Waals surface area contributed by atoms with Crippen LogP contribution in [0.15, 0.2) is 59.8 Å². The van der Waals surface area contributed by atoms with E-state index < -0.39 is 28.8 Å². The summed E-state index contributed by atoms with van der Waals surface area (Å²) in [6.07, 6.45) is -1.04. The molecule has 0 bridgehead atoms. The van der Waals surface area contributed by atoms with Crippen molar-refractivity contribution in [3.8, 4) is 0 Å². The second-order valence-electron chi connectivity index (χ2n) is 5.64. The second-order valence-corrected chi connectivity index (χ2v) is 5.64. The van der Waals surface area contributed by atoms with Crippen molar-refractivity contribution in [3.05, 3.63) is 70.3 Å². The molecule has 0 spiro atoms. The number of para-hydroxylation sites is 1. The van der Waals surface area contributed by atoms with Gasteiger partial charge in [-0.05, 0) is 12.1 Å². The zero-order valence-electron chi connectivity index (χ0n) is 12.7. The van der Waals surface area contributed by atoms with Crippen molar-refractivity contribution >= 4 is 28.9 Å². The monoisotopic (exact) mass is 337 g/mol. The van der Waals surface area contributed by atoms with Gasteiger partial charge in [-0.1, -0.05) is 35.5 Å². The van der Waals surface area contributed by atoms with E-state index in [0.717, 1.165) is 4.90 Å². The van der Waals surface area contributed by atoms with Crippen LogP contribution in [0.25, 0.3) is 0 Å². The van der Waals surface area contributed by atoms with Crippen LogP contribution < -0.4 is 4.90 Å². The molecule has 0 saturated carbocycles. The number of hydrogen-bond donors (Lipinski definition) is 0. The summed E-state index contributed by atoms with van der Waals surface area (Å²) in [6, 6.07) is 14.3. The maximum Gasteiger partial charge on any atom is 0.278 e. The van der Waals surface area contributed by atoms with E-state index in [4.69, 9.17) is 4.84 Å². The SMILES string of the molecule is O=C1[C@@H]2C(c3cccc([N+](=O)[O-])c3)=NO[C@H]2C(=O)N1c1ccccc1. The van der Waals surface area contributed by atoms with Crippen molar-refractivity contribution in [2.45, 2.75) is 6.10 Å². The molecular weight excluding hydrogens is 326 g/mol. The fourth-order valence-electron chi connectivity index (χ4n) is 3.03. The number of rotatable bonds is 3. The standard InChI is InChI=1S/C17H11N3O5/c21-16-13-14(10-5-4-8-12(9-10)20(23)24)18-25-15(13)17(22)19(16)11-6-2-1-3-7-11/h1-9,13,15H/t13-,15-/m1/s1. The number of amides is 2. The van der Waals surface area contributed by atoms with Gasteiger partial charge in [0, 0.05) is 17.7 Å². The van der Waals surface area contributed by atoms with Gasteiger partial charge in [-0.15, -0.1) is 0 Å². The van der Waals surface area contributed by atoms with E-state index in [1.54, 1.807) is 36.4 Å². The Morgan fingerprint density at radius 1 is 1.04 bits per heavy atom. The Morgan fingerprint density at radius 2 is 1.80 bits per heavy atom. The molecule has 0 N–H and O–H groups in total. The van der Waals surface area contributed by atoms with E-state index in [-0.39, 0.29) is 11.4 Å². The Bertz CT molecular complexity index is 925. The number of benzene rings is 2. The first-order valence-electron chi connectivity index (χ1n) is 7.49. The van der Waals surface area contributed by atoms with Crippen molar-refractivity contribution in [1.82, 2.24) is 0 Å². The first-order chi connectivity index (χ1) is 12.1. The van der Waals surface area contributed by atoms with Crippen LogP contribution >= 0.6 is 0 Å². The van der Waals surface area contributed by atoms with Crippen LogP contribution in [-0.2, 0) is 14.4 Å². The van der Waals surface area contributed by atoms with E-state index >= 15 is 0 Å². The predicted octanol–water partition coefficient (Wildman–Crippen LogP) is 1.89. The third kappa shape index (κ3) is 2.26. The largest absolute Gasteiger partial charge is 0.381 e. The number of imide groups is 1. The van der Waals surface area contributed by atoms with E-state index in [2.05, 4.69) is 5.16 Å². The quantitative estimate of drug-likeness (QED) is 0.483. The summed E-state index contributed by atoms with van der Waals surface area (Å²) in [6.45, 7) is 0. The molecule has 8 heteroatoms. The maximum absolute atomic E-state index is 12.8. The van der Waals surface area contributed by atoms with Gasteiger partial charge in [-0.25, -0.2) is 4.90 Å². The molecule has 2 aliphatic heterocycles. The third-order valence-corrected chi connectivity index (χ3v) is 4.18. The normalized spacial score (nSPS) is 21.8. The number of non-ortho nitro benzene ring substituents is 1. The smallest absolute Gasteiger partial charge is 0.278 e. The van der Waals surface area contributed by atoms with Gasteiger partial charge in [0.25, 0.3) is 11.6 Å². The van der Waals surface area contributed by atoms with E-state index in [1.165, 1.54) is 18.2 Å². The van der Waals surface area contributed by atoms with Gasteiger partial charge in [-0.3, -0.25) is 19.7 Å². The van der Waals surface area contributed by atoms with Crippen LogP contribution in [0.1, 0.15) is 5.56 Å². The minimum absolute atomic E-state index is 0.125. The van der Waals surface area contributed by atoms with Gasteiger partial charge >= 0.3 is 0 Å². The molecule has 2 atom stereocenters. The molecule has 4 rings (SSSR count). The molecule has 2 aromatic carbocycles. The highest BCUT2D eigenvalue weighted by Gasteiger charge is 2.56. The maximum atomic E-state index is 12.8. The lowest BCUT2D eigenvalue weighted by Gasteiger charge is -2.15. The number of nitro benzene ring substituents is 1. The van der Waals surface area contributed by atoms with E-state index in [0.29, 0.717) is 11.3 Å². The number of carbonyl (C=O) groups is 2. The Hall–Kier alpha value is -3.55. The minimum atomic E-state index is -1.04. The molecule has 1 fully saturated rings. The minimum Gasteiger partial charge on any atom is -0.381 e. The van der Waals surface area contributed by atoms with Crippen LogP contribution in [0.2, 0.25) is 0 Å². The van der Waals surface area contributed by atoms with Crippen molar-refractivity contribution in [2.75, 3.05) is 4.90 Å². The lowest BCUT2D eigenvalue weighted by atomic mass is 9.94. The van der Waals surface area contributed by atoms with Gasteiger partial charge in [0.05, 0.1) is 10.6 Å². The predicted molar refractivity (Wildman–Crippen MR) is 86.9 cm³/mol. The highest BCUT2D eigenvalue weighted by atomic mass is 16.7. The van der Waals surface area contributed by atoms with Crippen LogP contribution in [0.5, 0.6) is 0 Å². The van der Waals surface area contributed by atoms with Crippen LogP contribution in [0.4, 0.5) is 11.4 Å². The highest BCUT2D eigenvalue weighted by Crippen LogP contribution is 2.35. The Balaban J connectivity index is 1.71. The molecule has 2 heterocycles. The summed E-state index contributed by atoms with van der Waals surface area (Å²) < 4.78 is 0. The van der Waals surface area contributed by atoms with Gasteiger partial charge in [0.1, 0.15) is 11.6 Å². The lowest BCUT2D eigenvalue weighted by molar-refractivity contribution is -0.384. The molecule has 25 heavy (non-hydrogen) atoms. The molecule has 0 aromatic heterocycles. The van der Waals surface area contributed by atoms with Gasteiger partial charge in [0.15, 0.2) is 0 Å². The second kappa shape index (κ2) is 5.52. The summed E-state index contributed by atoms with van der Waals surface area (Å²) >= 11 is 0. The van der Waals surface area contributed by atoms with Crippen LogP contribution in [0, 0.1) is 16.0 Å². The van der Waals surface area contributed by atoms with Crippen molar-refractivity contribution in [2.24, 2.45) is 11.1 Å². The molecule has 0 radical (unpaired) electrons. The summed E-state index contributed by atoms with van der Waals surface area (Å²) in [5, 5.41) is 14.8. The Labute approximate surface area is 141 Å². The van der Waals surface area contributed by atoms with Crippen LogP contribution in [0.3, 0.4) is 0 Å². The topological polar surface area (TPSA) is 102 Å². The molecule has 1 saturated heterocycles. The number of nitro groups is 1. The molecule has 0 aliphatic carbocycles. The van der Waals surface area contributed by atoms with Crippen LogP contribution in [-0.4, -0.2) is 28.6 Å². The zero-order chi connectivity index (χ0) is 17.6. The summed E-state index contributed by atoms with van der Waals surface area (Å²) in [7, 11) is 0. The van der Waals surface area contributed by atoms with E-state index in [1.807, 2.05) is 0 Å². The van der Waals surface area contributed by atoms with E-state index in [9.17, 15) is 19.7 Å². The first kappa shape index (κ1) is 15.0. The molecule has 2 aromatic rings. The van der Waals surface area contributed by atoms with Gasteiger partial charge in [0.2, 0.25) is 12.0 Å².